The average molecular weight is 465 g/mol. The highest BCUT2D eigenvalue weighted by atomic mass is 79.9. The third-order valence-electron chi connectivity index (χ3n) is 3.71. The molecule has 2 aromatic rings. The molecule has 0 saturated carbocycles. The van der Waals surface area contributed by atoms with Gasteiger partial charge in [0.1, 0.15) is 18.1 Å². The highest BCUT2D eigenvalue weighted by Gasteiger charge is 2.13. The molecule has 7 heteroatoms. The van der Waals surface area contributed by atoms with E-state index in [2.05, 4.69) is 29.8 Å². The average Bonchev–Trinajstić information content (AvgIpc) is 2.70. The lowest BCUT2D eigenvalue weighted by Crippen LogP contribution is -2.11. The van der Waals surface area contributed by atoms with E-state index in [0.29, 0.717) is 52.8 Å². The van der Waals surface area contributed by atoms with Crippen LogP contribution in [0, 0.1) is 5.92 Å². The van der Waals surface area contributed by atoms with Crippen LogP contribution in [-0.4, -0.2) is 38.4 Å². The molecule has 0 aromatic heterocycles. The molecule has 0 aliphatic heterocycles. The Morgan fingerprint density at radius 3 is 2.28 bits per heavy atom. The standard InChI is InChI=1S/C22H25BrO6/c1-4-26-11-12-27-21(24)16-5-8-18(9-6-16)29-22(25)17-7-10-20(19(23)13-17)28-14-15(2)3/h5-10,13,15H,4,11-12,14H2,1-3H3. The number of carbonyl (C=O) groups is 2. The number of hydrogen-bond donors (Lipinski definition) is 0. The van der Waals surface area contributed by atoms with Gasteiger partial charge in [-0.05, 0) is 71.2 Å². The van der Waals surface area contributed by atoms with E-state index >= 15 is 0 Å². The van der Waals surface area contributed by atoms with Gasteiger partial charge < -0.3 is 18.9 Å². The van der Waals surface area contributed by atoms with Crippen molar-refractivity contribution in [3.05, 3.63) is 58.1 Å². The van der Waals surface area contributed by atoms with Gasteiger partial charge in [-0.2, -0.15) is 0 Å². The summed E-state index contributed by atoms with van der Waals surface area (Å²) < 4.78 is 21.9. The van der Waals surface area contributed by atoms with Crippen LogP contribution < -0.4 is 9.47 Å². The van der Waals surface area contributed by atoms with Crippen molar-refractivity contribution in [1.82, 2.24) is 0 Å². The zero-order chi connectivity index (χ0) is 21.2. The minimum absolute atomic E-state index is 0.190. The molecule has 0 N–H and O–H groups in total. The summed E-state index contributed by atoms with van der Waals surface area (Å²) in [5, 5.41) is 0. The molecule has 0 spiro atoms. The summed E-state index contributed by atoms with van der Waals surface area (Å²) in [5.41, 5.74) is 0.754. The Hall–Kier alpha value is -2.38. The van der Waals surface area contributed by atoms with Gasteiger partial charge in [-0.3, -0.25) is 0 Å². The highest BCUT2D eigenvalue weighted by molar-refractivity contribution is 9.10. The van der Waals surface area contributed by atoms with Crippen LogP contribution in [0.5, 0.6) is 11.5 Å². The Bertz CT molecular complexity index is 817. The van der Waals surface area contributed by atoms with Crippen molar-refractivity contribution < 1.29 is 28.5 Å². The van der Waals surface area contributed by atoms with E-state index < -0.39 is 11.9 Å². The van der Waals surface area contributed by atoms with E-state index in [-0.39, 0.29) is 6.61 Å². The van der Waals surface area contributed by atoms with Crippen LogP contribution >= 0.6 is 15.9 Å². The van der Waals surface area contributed by atoms with Crippen LogP contribution in [0.25, 0.3) is 0 Å². The Morgan fingerprint density at radius 2 is 1.66 bits per heavy atom. The Labute approximate surface area is 179 Å². The molecule has 0 bridgehead atoms. The van der Waals surface area contributed by atoms with E-state index in [1.165, 1.54) is 0 Å². The molecule has 0 unspecified atom stereocenters. The molecule has 0 aliphatic rings. The molecular formula is C22H25BrO6. The van der Waals surface area contributed by atoms with E-state index in [1.54, 1.807) is 42.5 Å². The van der Waals surface area contributed by atoms with Gasteiger partial charge in [0.05, 0.1) is 28.8 Å². The van der Waals surface area contributed by atoms with Gasteiger partial charge in [0.25, 0.3) is 0 Å². The van der Waals surface area contributed by atoms with Gasteiger partial charge in [-0.15, -0.1) is 0 Å². The van der Waals surface area contributed by atoms with Crippen LogP contribution in [-0.2, 0) is 9.47 Å². The fourth-order valence-electron chi connectivity index (χ4n) is 2.25. The van der Waals surface area contributed by atoms with Crippen LogP contribution in [0.2, 0.25) is 0 Å². The zero-order valence-electron chi connectivity index (χ0n) is 16.8. The molecule has 156 valence electrons. The second-order valence-corrected chi connectivity index (χ2v) is 7.45. The third kappa shape index (κ3) is 7.51. The molecule has 0 radical (unpaired) electrons. The zero-order valence-corrected chi connectivity index (χ0v) is 18.4. The lowest BCUT2D eigenvalue weighted by Gasteiger charge is -2.11. The minimum Gasteiger partial charge on any atom is -0.492 e. The number of carbonyl (C=O) groups excluding carboxylic acids is 2. The first-order chi connectivity index (χ1) is 13.9. The smallest absolute Gasteiger partial charge is 0.343 e. The van der Waals surface area contributed by atoms with E-state index in [9.17, 15) is 9.59 Å². The number of benzene rings is 2. The summed E-state index contributed by atoms with van der Waals surface area (Å²) in [7, 11) is 0. The lowest BCUT2D eigenvalue weighted by molar-refractivity contribution is 0.0335. The maximum absolute atomic E-state index is 12.4. The fourth-order valence-corrected chi connectivity index (χ4v) is 2.74. The summed E-state index contributed by atoms with van der Waals surface area (Å²) in [5.74, 6) is 0.438. The van der Waals surface area contributed by atoms with Crippen molar-refractivity contribution >= 4 is 27.9 Å². The van der Waals surface area contributed by atoms with E-state index in [4.69, 9.17) is 18.9 Å². The summed E-state index contributed by atoms with van der Waals surface area (Å²) in [6.07, 6.45) is 0. The first-order valence-corrected chi connectivity index (χ1v) is 10.2. The number of halogens is 1. The number of rotatable bonds is 10. The molecule has 0 saturated heterocycles. The summed E-state index contributed by atoms with van der Waals surface area (Å²) in [6.45, 7) is 7.70. The summed E-state index contributed by atoms with van der Waals surface area (Å²) >= 11 is 3.41. The summed E-state index contributed by atoms with van der Waals surface area (Å²) in [6, 6.07) is 11.2. The van der Waals surface area contributed by atoms with Crippen molar-refractivity contribution in [1.29, 1.82) is 0 Å². The predicted octanol–water partition coefficient (Wildman–Crippen LogP) is 4.90. The largest absolute Gasteiger partial charge is 0.492 e. The van der Waals surface area contributed by atoms with Gasteiger partial charge >= 0.3 is 11.9 Å². The molecule has 0 heterocycles. The van der Waals surface area contributed by atoms with Gasteiger partial charge in [0.2, 0.25) is 0 Å². The van der Waals surface area contributed by atoms with E-state index in [1.807, 2.05) is 6.92 Å². The molecule has 2 rings (SSSR count). The minimum atomic E-state index is -0.506. The van der Waals surface area contributed by atoms with Crippen LogP contribution in [0.4, 0.5) is 0 Å². The summed E-state index contributed by atoms with van der Waals surface area (Å²) in [4.78, 5) is 24.3. The Kier molecular flexibility index (Phi) is 9.15. The maximum atomic E-state index is 12.4. The number of hydrogen-bond acceptors (Lipinski definition) is 6. The Morgan fingerprint density at radius 1 is 0.966 bits per heavy atom. The molecule has 6 nitrogen and oxygen atoms in total. The molecule has 2 aromatic carbocycles. The molecule has 0 amide bonds. The van der Waals surface area contributed by atoms with Crippen LogP contribution in [0.15, 0.2) is 46.9 Å². The SMILES string of the molecule is CCOCCOC(=O)c1ccc(OC(=O)c2ccc(OCC(C)C)c(Br)c2)cc1. The quantitative estimate of drug-likeness (QED) is 0.283. The normalized spacial score (nSPS) is 10.7. The van der Waals surface area contributed by atoms with Gasteiger partial charge in [-0.1, -0.05) is 13.8 Å². The van der Waals surface area contributed by atoms with Gasteiger partial charge in [0, 0.05) is 6.61 Å². The highest BCUT2D eigenvalue weighted by Crippen LogP contribution is 2.27. The maximum Gasteiger partial charge on any atom is 0.343 e. The monoisotopic (exact) mass is 464 g/mol. The molecule has 0 aliphatic carbocycles. The van der Waals surface area contributed by atoms with Gasteiger partial charge in [-0.25, -0.2) is 9.59 Å². The Balaban J connectivity index is 1.93. The number of esters is 2. The molecule has 29 heavy (non-hydrogen) atoms. The van der Waals surface area contributed by atoms with Gasteiger partial charge in [0.15, 0.2) is 0 Å². The van der Waals surface area contributed by atoms with Crippen molar-refractivity contribution in [2.45, 2.75) is 20.8 Å². The molecule has 0 fully saturated rings. The van der Waals surface area contributed by atoms with Crippen LogP contribution in [0.1, 0.15) is 41.5 Å². The topological polar surface area (TPSA) is 71.1 Å². The number of ether oxygens (including phenoxy) is 4. The molecule has 0 atom stereocenters. The van der Waals surface area contributed by atoms with Crippen LogP contribution in [0.3, 0.4) is 0 Å². The lowest BCUT2D eigenvalue weighted by atomic mass is 10.2. The van der Waals surface area contributed by atoms with E-state index in [0.717, 1.165) is 0 Å². The van der Waals surface area contributed by atoms with Crippen molar-refractivity contribution in [3.8, 4) is 11.5 Å². The van der Waals surface area contributed by atoms with Crippen molar-refractivity contribution in [2.75, 3.05) is 26.4 Å². The molecular weight excluding hydrogens is 440 g/mol. The second-order valence-electron chi connectivity index (χ2n) is 6.60. The second kappa shape index (κ2) is 11.6. The van der Waals surface area contributed by atoms with Crippen molar-refractivity contribution in [2.24, 2.45) is 5.92 Å². The first kappa shape index (κ1) is 22.9. The fraction of sp³-hybridized carbons (Fsp3) is 0.364. The third-order valence-corrected chi connectivity index (χ3v) is 4.32. The van der Waals surface area contributed by atoms with Crippen molar-refractivity contribution in [3.63, 3.8) is 0 Å². The first-order valence-electron chi connectivity index (χ1n) is 9.40. The predicted molar refractivity (Wildman–Crippen MR) is 113 cm³/mol.